The molecule has 2 aromatic heterocycles. The van der Waals surface area contributed by atoms with Crippen molar-refractivity contribution >= 4 is 34.4 Å². The molecular formula is C30H35N7O3. The molecule has 0 radical (unpaired) electrons. The van der Waals surface area contributed by atoms with Gasteiger partial charge >= 0.3 is 0 Å². The maximum Gasteiger partial charge on any atom is 0.271 e. The summed E-state index contributed by atoms with van der Waals surface area (Å²) in [5.41, 5.74) is 2.84. The quantitative estimate of drug-likeness (QED) is 0.216. The normalized spacial score (nSPS) is 15.1. The first-order valence-electron chi connectivity index (χ1n) is 13.8. The molecule has 208 valence electrons. The summed E-state index contributed by atoms with van der Waals surface area (Å²) in [7, 11) is 0. The average Bonchev–Trinajstić information content (AvgIpc) is 3.41. The largest absolute Gasteiger partial charge is 0.494 e. The topological polar surface area (TPSA) is 124 Å². The molecule has 0 saturated carbocycles. The molecule has 1 saturated heterocycles. The number of carbonyl (C=O) groups is 2. The first-order valence-corrected chi connectivity index (χ1v) is 13.8. The summed E-state index contributed by atoms with van der Waals surface area (Å²) in [4.78, 5) is 39.8. The number of carbonyl (C=O) groups excluding carboxylic acids is 2. The molecule has 1 unspecified atom stereocenters. The zero-order valence-corrected chi connectivity index (χ0v) is 22.9. The number of ether oxygens (including phenoxy) is 1. The number of hydrogen-bond donors (Lipinski definition) is 4. The van der Waals surface area contributed by atoms with Gasteiger partial charge in [-0.2, -0.15) is 0 Å². The zero-order chi connectivity index (χ0) is 27.9. The van der Waals surface area contributed by atoms with E-state index >= 15 is 0 Å². The van der Waals surface area contributed by atoms with Crippen LogP contribution in [0.5, 0.6) is 5.75 Å². The van der Waals surface area contributed by atoms with Crippen molar-refractivity contribution in [3.63, 3.8) is 0 Å². The third kappa shape index (κ3) is 6.33. The summed E-state index contributed by atoms with van der Waals surface area (Å²) >= 11 is 0. The number of nitrogens with zero attached hydrogens (tertiary/aromatic N) is 3. The van der Waals surface area contributed by atoms with Gasteiger partial charge in [-0.05, 0) is 56.5 Å². The van der Waals surface area contributed by atoms with Gasteiger partial charge in [0.1, 0.15) is 29.1 Å². The number of rotatable bonds is 10. The number of benzene rings is 2. The molecule has 2 aromatic carbocycles. The number of fused-ring (bicyclic) bond motifs is 1. The van der Waals surface area contributed by atoms with E-state index in [2.05, 4.69) is 20.9 Å². The SMILES string of the molecule is CCOc1ccc(NC2CCCCN2C(=O)c2cc3c(NCCNC(C)=O)nc(-c4ccccc4)nc3[nH]2)cc1. The smallest absolute Gasteiger partial charge is 0.271 e. The molecule has 2 amide bonds. The zero-order valence-electron chi connectivity index (χ0n) is 22.9. The van der Waals surface area contributed by atoms with Crippen LogP contribution in [0.15, 0.2) is 60.7 Å². The van der Waals surface area contributed by atoms with Crippen LogP contribution < -0.4 is 20.7 Å². The Labute approximate surface area is 233 Å². The second kappa shape index (κ2) is 12.5. The van der Waals surface area contributed by atoms with Gasteiger partial charge in [-0.1, -0.05) is 30.3 Å². The first-order chi connectivity index (χ1) is 19.5. The molecule has 0 aliphatic carbocycles. The summed E-state index contributed by atoms with van der Waals surface area (Å²) in [5.74, 6) is 1.78. The number of aromatic nitrogens is 3. The molecule has 4 aromatic rings. The van der Waals surface area contributed by atoms with Gasteiger partial charge in [0.2, 0.25) is 5.91 Å². The molecule has 0 bridgehead atoms. The Balaban J connectivity index is 1.41. The highest BCUT2D eigenvalue weighted by atomic mass is 16.5. The van der Waals surface area contributed by atoms with Crippen molar-refractivity contribution in [3.05, 3.63) is 66.4 Å². The van der Waals surface area contributed by atoms with E-state index in [0.29, 0.717) is 49.2 Å². The van der Waals surface area contributed by atoms with E-state index in [1.54, 1.807) is 0 Å². The van der Waals surface area contributed by atoms with E-state index in [1.807, 2.05) is 72.5 Å². The monoisotopic (exact) mass is 541 g/mol. The van der Waals surface area contributed by atoms with Crippen molar-refractivity contribution in [3.8, 4) is 17.1 Å². The molecule has 1 atom stereocenters. The van der Waals surface area contributed by atoms with Gasteiger partial charge in [0, 0.05) is 37.8 Å². The van der Waals surface area contributed by atoms with Crippen LogP contribution in [-0.4, -0.2) is 64.1 Å². The van der Waals surface area contributed by atoms with Crippen LogP contribution in [0.25, 0.3) is 22.4 Å². The van der Waals surface area contributed by atoms with Crippen molar-refractivity contribution in [1.82, 2.24) is 25.2 Å². The number of hydrogen-bond acceptors (Lipinski definition) is 7. The molecule has 40 heavy (non-hydrogen) atoms. The Bertz CT molecular complexity index is 1450. The van der Waals surface area contributed by atoms with E-state index in [9.17, 15) is 9.59 Å². The van der Waals surface area contributed by atoms with Crippen LogP contribution >= 0.6 is 0 Å². The lowest BCUT2D eigenvalue weighted by molar-refractivity contribution is -0.118. The van der Waals surface area contributed by atoms with E-state index < -0.39 is 0 Å². The molecule has 1 aliphatic heterocycles. The van der Waals surface area contributed by atoms with Gasteiger partial charge in [-0.3, -0.25) is 9.59 Å². The molecular weight excluding hydrogens is 506 g/mol. The van der Waals surface area contributed by atoms with Crippen LogP contribution in [-0.2, 0) is 4.79 Å². The van der Waals surface area contributed by atoms with Gasteiger partial charge < -0.3 is 30.6 Å². The number of anilines is 2. The van der Waals surface area contributed by atoms with Gasteiger partial charge in [0.15, 0.2) is 5.82 Å². The molecule has 10 heteroatoms. The fourth-order valence-electron chi connectivity index (χ4n) is 4.88. The Morgan fingerprint density at radius 3 is 2.60 bits per heavy atom. The maximum absolute atomic E-state index is 13.8. The second-order valence-electron chi connectivity index (χ2n) is 9.73. The van der Waals surface area contributed by atoms with Gasteiger partial charge in [0.25, 0.3) is 5.91 Å². The number of H-pyrrole nitrogens is 1. The Kier molecular flexibility index (Phi) is 8.44. The van der Waals surface area contributed by atoms with Crippen LogP contribution in [0.4, 0.5) is 11.5 Å². The fourth-order valence-corrected chi connectivity index (χ4v) is 4.88. The lowest BCUT2D eigenvalue weighted by atomic mass is 10.1. The van der Waals surface area contributed by atoms with Crippen molar-refractivity contribution < 1.29 is 14.3 Å². The Hall–Kier alpha value is -4.60. The minimum Gasteiger partial charge on any atom is -0.494 e. The first kappa shape index (κ1) is 27.0. The standard InChI is InChI=1S/C30H35N7O3/c1-3-40-23-14-12-22(13-15-23)33-26-11-7-8-18-37(26)30(39)25-19-24-28(32-17-16-31-20(2)38)35-27(36-29(24)34-25)21-9-5-4-6-10-21/h4-6,9-10,12-15,19,26,33H,3,7-8,11,16-18H2,1-2H3,(H,31,38)(H2,32,34,35,36). The molecule has 0 spiro atoms. The lowest BCUT2D eigenvalue weighted by Gasteiger charge is -2.36. The van der Waals surface area contributed by atoms with Crippen molar-refractivity contribution in [2.75, 3.05) is 36.9 Å². The van der Waals surface area contributed by atoms with E-state index in [0.717, 1.165) is 41.6 Å². The van der Waals surface area contributed by atoms with E-state index in [-0.39, 0.29) is 18.0 Å². The Morgan fingerprint density at radius 1 is 1.05 bits per heavy atom. The number of nitrogens with one attached hydrogen (secondary N) is 4. The third-order valence-corrected chi connectivity index (χ3v) is 6.80. The highest BCUT2D eigenvalue weighted by molar-refractivity contribution is 6.00. The van der Waals surface area contributed by atoms with Crippen molar-refractivity contribution in [2.45, 2.75) is 39.3 Å². The molecule has 1 fully saturated rings. The van der Waals surface area contributed by atoms with Crippen LogP contribution in [0.1, 0.15) is 43.6 Å². The number of piperidine rings is 1. The lowest BCUT2D eigenvalue weighted by Crippen LogP contribution is -2.48. The predicted molar refractivity (Wildman–Crippen MR) is 156 cm³/mol. The molecule has 10 nitrogen and oxygen atoms in total. The highest BCUT2D eigenvalue weighted by Gasteiger charge is 2.29. The van der Waals surface area contributed by atoms with Crippen molar-refractivity contribution in [2.24, 2.45) is 0 Å². The summed E-state index contributed by atoms with van der Waals surface area (Å²) in [6.07, 6.45) is 2.71. The van der Waals surface area contributed by atoms with Gasteiger partial charge in [-0.25, -0.2) is 9.97 Å². The number of amides is 2. The molecule has 5 rings (SSSR count). The molecule has 1 aliphatic rings. The van der Waals surface area contributed by atoms with Crippen molar-refractivity contribution in [1.29, 1.82) is 0 Å². The molecule has 3 heterocycles. The summed E-state index contributed by atoms with van der Waals surface area (Å²) in [6.45, 7) is 5.65. The van der Waals surface area contributed by atoms with E-state index in [4.69, 9.17) is 14.7 Å². The Morgan fingerprint density at radius 2 is 1.85 bits per heavy atom. The summed E-state index contributed by atoms with van der Waals surface area (Å²) in [5, 5.41) is 10.3. The van der Waals surface area contributed by atoms with Crippen LogP contribution in [0, 0.1) is 0 Å². The number of likely N-dealkylation sites (tertiary alicyclic amines) is 1. The second-order valence-corrected chi connectivity index (χ2v) is 9.73. The fraction of sp³-hybridized carbons (Fsp3) is 0.333. The summed E-state index contributed by atoms with van der Waals surface area (Å²) in [6, 6.07) is 19.3. The maximum atomic E-state index is 13.8. The van der Waals surface area contributed by atoms with Crippen LogP contribution in [0.2, 0.25) is 0 Å². The van der Waals surface area contributed by atoms with Gasteiger partial charge in [0.05, 0.1) is 12.0 Å². The minimum atomic E-state index is -0.133. The molecule has 4 N–H and O–H groups in total. The predicted octanol–water partition coefficient (Wildman–Crippen LogP) is 4.64. The third-order valence-electron chi connectivity index (χ3n) is 6.80. The summed E-state index contributed by atoms with van der Waals surface area (Å²) < 4.78 is 5.55. The number of aromatic amines is 1. The van der Waals surface area contributed by atoms with E-state index in [1.165, 1.54) is 6.92 Å². The average molecular weight is 542 g/mol. The van der Waals surface area contributed by atoms with Gasteiger partial charge in [-0.15, -0.1) is 0 Å². The van der Waals surface area contributed by atoms with Crippen LogP contribution in [0.3, 0.4) is 0 Å². The highest BCUT2D eigenvalue weighted by Crippen LogP contribution is 2.28. The minimum absolute atomic E-state index is 0.0911.